The van der Waals surface area contributed by atoms with Crippen LogP contribution in [0.1, 0.15) is 18.5 Å². The van der Waals surface area contributed by atoms with E-state index in [0.29, 0.717) is 0 Å². The molecule has 96 valence electrons. The highest BCUT2D eigenvalue weighted by molar-refractivity contribution is 6.30. The summed E-state index contributed by atoms with van der Waals surface area (Å²) in [6.07, 6.45) is 3.44. The fourth-order valence-corrected chi connectivity index (χ4v) is 1.76. The first-order valence-electron chi connectivity index (χ1n) is 5.69. The van der Waals surface area contributed by atoms with Crippen LogP contribution in [0, 0.1) is 5.82 Å². The van der Waals surface area contributed by atoms with E-state index in [2.05, 4.69) is 15.6 Å². The van der Waals surface area contributed by atoms with E-state index in [1.807, 2.05) is 13.0 Å². The standard InChI is InChI=1S/C12H14ClFN4/c1-9(10-2-3-11(13)12(14)8-10)15-4-6-18-7-5-16-17-18/h2-3,5,7-9,15H,4,6H2,1H3. The highest BCUT2D eigenvalue weighted by Crippen LogP contribution is 2.19. The molecule has 0 aliphatic carbocycles. The zero-order valence-electron chi connectivity index (χ0n) is 9.98. The van der Waals surface area contributed by atoms with Gasteiger partial charge < -0.3 is 5.32 Å². The molecule has 0 fully saturated rings. The lowest BCUT2D eigenvalue weighted by atomic mass is 10.1. The molecular weight excluding hydrogens is 255 g/mol. The molecule has 0 bridgehead atoms. The minimum Gasteiger partial charge on any atom is -0.308 e. The summed E-state index contributed by atoms with van der Waals surface area (Å²) in [6, 6.07) is 4.90. The topological polar surface area (TPSA) is 42.7 Å². The molecule has 18 heavy (non-hydrogen) atoms. The van der Waals surface area contributed by atoms with Crippen LogP contribution in [-0.4, -0.2) is 21.5 Å². The molecule has 1 unspecified atom stereocenters. The maximum Gasteiger partial charge on any atom is 0.142 e. The van der Waals surface area contributed by atoms with E-state index in [1.54, 1.807) is 23.1 Å². The third-order valence-corrected chi connectivity index (χ3v) is 3.01. The highest BCUT2D eigenvalue weighted by atomic mass is 35.5. The Labute approximate surface area is 110 Å². The summed E-state index contributed by atoms with van der Waals surface area (Å²) in [5.41, 5.74) is 0.871. The summed E-state index contributed by atoms with van der Waals surface area (Å²) in [5.74, 6) is -0.390. The Morgan fingerprint density at radius 2 is 2.33 bits per heavy atom. The van der Waals surface area contributed by atoms with Crippen LogP contribution in [0.25, 0.3) is 0 Å². The van der Waals surface area contributed by atoms with Gasteiger partial charge in [0.25, 0.3) is 0 Å². The van der Waals surface area contributed by atoms with Crippen LogP contribution in [0.3, 0.4) is 0 Å². The first kappa shape index (κ1) is 13.0. The van der Waals surface area contributed by atoms with Crippen molar-refractivity contribution < 1.29 is 4.39 Å². The predicted octanol–water partition coefficient (Wildman–Crippen LogP) is 2.42. The van der Waals surface area contributed by atoms with Gasteiger partial charge in [0.15, 0.2) is 0 Å². The van der Waals surface area contributed by atoms with Crippen LogP contribution in [0.5, 0.6) is 0 Å². The number of benzene rings is 1. The molecule has 0 aliphatic heterocycles. The molecule has 0 saturated heterocycles. The van der Waals surface area contributed by atoms with Gasteiger partial charge in [-0.2, -0.15) is 0 Å². The molecule has 0 amide bonds. The molecule has 1 N–H and O–H groups in total. The molecule has 0 aliphatic rings. The van der Waals surface area contributed by atoms with Crippen molar-refractivity contribution in [1.82, 2.24) is 20.3 Å². The second-order valence-corrected chi connectivity index (χ2v) is 4.42. The molecule has 2 aromatic rings. The number of aromatic nitrogens is 3. The Morgan fingerprint density at radius 1 is 1.50 bits per heavy atom. The van der Waals surface area contributed by atoms with E-state index in [0.717, 1.165) is 18.7 Å². The van der Waals surface area contributed by atoms with Crippen LogP contribution >= 0.6 is 11.6 Å². The molecule has 6 heteroatoms. The fraction of sp³-hybridized carbons (Fsp3) is 0.333. The Morgan fingerprint density at radius 3 is 3.00 bits per heavy atom. The van der Waals surface area contributed by atoms with Gasteiger partial charge in [-0.15, -0.1) is 5.10 Å². The van der Waals surface area contributed by atoms with Gasteiger partial charge in [0.1, 0.15) is 5.82 Å². The number of rotatable bonds is 5. The van der Waals surface area contributed by atoms with Crippen molar-refractivity contribution in [2.45, 2.75) is 19.5 Å². The lowest BCUT2D eigenvalue weighted by Crippen LogP contribution is -2.23. The van der Waals surface area contributed by atoms with E-state index < -0.39 is 0 Å². The third-order valence-electron chi connectivity index (χ3n) is 2.71. The number of hydrogen-bond acceptors (Lipinski definition) is 3. The molecule has 4 nitrogen and oxygen atoms in total. The summed E-state index contributed by atoms with van der Waals surface area (Å²) in [6.45, 7) is 3.43. The zero-order chi connectivity index (χ0) is 13.0. The van der Waals surface area contributed by atoms with Crippen molar-refractivity contribution in [2.24, 2.45) is 0 Å². The van der Waals surface area contributed by atoms with Gasteiger partial charge in [-0.3, -0.25) is 4.68 Å². The smallest absolute Gasteiger partial charge is 0.142 e. The summed E-state index contributed by atoms with van der Waals surface area (Å²) in [4.78, 5) is 0. The number of hydrogen-bond donors (Lipinski definition) is 1. The van der Waals surface area contributed by atoms with Crippen molar-refractivity contribution in [1.29, 1.82) is 0 Å². The maximum atomic E-state index is 13.3. The lowest BCUT2D eigenvalue weighted by molar-refractivity contribution is 0.497. The van der Waals surface area contributed by atoms with Gasteiger partial charge >= 0.3 is 0 Å². The van der Waals surface area contributed by atoms with Crippen LogP contribution < -0.4 is 5.32 Å². The van der Waals surface area contributed by atoms with E-state index in [4.69, 9.17) is 11.6 Å². The molecule has 1 aromatic heterocycles. The van der Waals surface area contributed by atoms with Crippen LogP contribution in [-0.2, 0) is 6.54 Å². The quantitative estimate of drug-likeness (QED) is 0.906. The number of nitrogens with zero attached hydrogens (tertiary/aromatic N) is 3. The van der Waals surface area contributed by atoms with E-state index in [1.165, 1.54) is 6.07 Å². The zero-order valence-corrected chi connectivity index (χ0v) is 10.7. The average molecular weight is 269 g/mol. The molecule has 0 saturated carbocycles. The summed E-state index contributed by atoms with van der Waals surface area (Å²) in [5, 5.41) is 11.0. The molecule has 1 atom stereocenters. The van der Waals surface area contributed by atoms with Crippen molar-refractivity contribution in [3.63, 3.8) is 0 Å². The van der Waals surface area contributed by atoms with Gasteiger partial charge in [-0.25, -0.2) is 4.39 Å². The Balaban J connectivity index is 1.87. The third kappa shape index (κ3) is 3.27. The SMILES string of the molecule is CC(NCCn1ccnn1)c1ccc(Cl)c(F)c1. The van der Waals surface area contributed by atoms with Crippen molar-refractivity contribution in [2.75, 3.05) is 6.54 Å². The summed E-state index contributed by atoms with van der Waals surface area (Å²) >= 11 is 5.64. The van der Waals surface area contributed by atoms with Crippen molar-refractivity contribution in [3.05, 3.63) is 47.0 Å². The Bertz CT molecular complexity index is 501. The molecular formula is C12H14ClFN4. The van der Waals surface area contributed by atoms with Gasteiger partial charge in [0.2, 0.25) is 0 Å². The monoisotopic (exact) mass is 268 g/mol. The maximum absolute atomic E-state index is 13.3. The van der Waals surface area contributed by atoms with E-state index in [-0.39, 0.29) is 16.9 Å². The van der Waals surface area contributed by atoms with Gasteiger partial charge in [0.05, 0.1) is 17.8 Å². The number of nitrogens with one attached hydrogen (secondary N) is 1. The van der Waals surface area contributed by atoms with E-state index >= 15 is 0 Å². The van der Waals surface area contributed by atoms with E-state index in [9.17, 15) is 4.39 Å². The van der Waals surface area contributed by atoms with Gasteiger partial charge in [-0.05, 0) is 24.6 Å². The first-order valence-corrected chi connectivity index (χ1v) is 6.07. The largest absolute Gasteiger partial charge is 0.308 e. The first-order chi connectivity index (χ1) is 8.66. The molecule has 0 spiro atoms. The molecule has 0 radical (unpaired) electrons. The lowest BCUT2D eigenvalue weighted by Gasteiger charge is -2.14. The predicted molar refractivity (Wildman–Crippen MR) is 67.8 cm³/mol. The Hall–Kier alpha value is -1.46. The van der Waals surface area contributed by atoms with Crippen LogP contribution in [0.4, 0.5) is 4.39 Å². The second-order valence-electron chi connectivity index (χ2n) is 4.02. The number of halogens is 2. The van der Waals surface area contributed by atoms with Crippen molar-refractivity contribution >= 4 is 11.6 Å². The van der Waals surface area contributed by atoms with Crippen LogP contribution in [0.2, 0.25) is 5.02 Å². The fourth-order valence-electron chi connectivity index (χ4n) is 1.65. The summed E-state index contributed by atoms with van der Waals surface area (Å²) in [7, 11) is 0. The Kier molecular flexibility index (Phi) is 4.28. The highest BCUT2D eigenvalue weighted by Gasteiger charge is 2.07. The second kappa shape index (κ2) is 5.93. The van der Waals surface area contributed by atoms with Crippen molar-refractivity contribution in [3.8, 4) is 0 Å². The average Bonchev–Trinajstić information content (AvgIpc) is 2.85. The minimum atomic E-state index is -0.390. The molecule has 1 heterocycles. The normalized spacial score (nSPS) is 12.6. The summed E-state index contributed by atoms with van der Waals surface area (Å²) < 4.78 is 15.0. The van der Waals surface area contributed by atoms with Gasteiger partial charge in [-0.1, -0.05) is 22.9 Å². The minimum absolute atomic E-state index is 0.0558. The van der Waals surface area contributed by atoms with Gasteiger partial charge in [0, 0.05) is 18.8 Å². The van der Waals surface area contributed by atoms with Crippen LogP contribution in [0.15, 0.2) is 30.6 Å². The molecule has 2 rings (SSSR count). The molecule has 1 aromatic carbocycles.